The van der Waals surface area contributed by atoms with Crippen molar-refractivity contribution in [3.63, 3.8) is 0 Å². The molecule has 0 unspecified atom stereocenters. The van der Waals surface area contributed by atoms with Gasteiger partial charge in [0, 0.05) is 24.8 Å². The third-order valence-corrected chi connectivity index (χ3v) is 3.43. The number of carbonyl (C=O) groups excluding carboxylic acids is 1. The van der Waals surface area contributed by atoms with Gasteiger partial charge in [0.25, 0.3) is 0 Å². The molecule has 2 heterocycles. The molecule has 1 aliphatic rings. The number of hydrogen-bond acceptors (Lipinski definition) is 6. The van der Waals surface area contributed by atoms with E-state index < -0.39 is 12.0 Å². The molecule has 8 heteroatoms. The first-order valence-electron chi connectivity index (χ1n) is 7.22. The van der Waals surface area contributed by atoms with Gasteiger partial charge in [0.2, 0.25) is 11.8 Å². The van der Waals surface area contributed by atoms with E-state index in [2.05, 4.69) is 10.1 Å². The Labute approximate surface area is 128 Å². The van der Waals surface area contributed by atoms with E-state index in [-0.39, 0.29) is 30.9 Å². The molecule has 0 aliphatic carbocycles. The molecule has 2 rings (SSSR count). The van der Waals surface area contributed by atoms with Crippen molar-refractivity contribution in [2.75, 3.05) is 19.8 Å². The molecule has 1 saturated heterocycles. The van der Waals surface area contributed by atoms with Crippen molar-refractivity contribution in [2.24, 2.45) is 0 Å². The zero-order valence-electron chi connectivity index (χ0n) is 13.0. The fraction of sp³-hybridized carbons (Fsp3) is 0.714. The quantitative estimate of drug-likeness (QED) is 0.868. The topological polar surface area (TPSA) is 106 Å². The van der Waals surface area contributed by atoms with Crippen LogP contribution in [0, 0.1) is 0 Å². The highest BCUT2D eigenvalue weighted by Gasteiger charge is 2.32. The molecule has 0 radical (unpaired) electrons. The summed E-state index contributed by atoms with van der Waals surface area (Å²) >= 11 is 0. The van der Waals surface area contributed by atoms with E-state index in [1.54, 1.807) is 0 Å². The van der Waals surface area contributed by atoms with E-state index >= 15 is 0 Å². The average Bonchev–Trinajstić information content (AvgIpc) is 2.93. The van der Waals surface area contributed by atoms with Crippen LogP contribution in [0.5, 0.6) is 0 Å². The van der Waals surface area contributed by atoms with E-state index in [4.69, 9.17) is 14.4 Å². The van der Waals surface area contributed by atoms with Crippen molar-refractivity contribution in [3.05, 3.63) is 11.7 Å². The number of carboxylic acids is 1. The molecule has 0 saturated carbocycles. The van der Waals surface area contributed by atoms with Crippen LogP contribution in [0.25, 0.3) is 0 Å². The largest absolute Gasteiger partial charge is 0.480 e. The van der Waals surface area contributed by atoms with Gasteiger partial charge in [-0.1, -0.05) is 25.9 Å². The number of aromatic nitrogens is 2. The fourth-order valence-corrected chi connectivity index (χ4v) is 2.13. The molecule has 1 aromatic heterocycles. The summed E-state index contributed by atoms with van der Waals surface area (Å²) in [7, 11) is 0. The van der Waals surface area contributed by atoms with Crippen LogP contribution >= 0.6 is 0 Å². The van der Waals surface area contributed by atoms with Gasteiger partial charge in [0.1, 0.15) is 0 Å². The van der Waals surface area contributed by atoms with Crippen LogP contribution in [0.1, 0.15) is 38.9 Å². The number of ether oxygens (including phenoxy) is 1. The van der Waals surface area contributed by atoms with Gasteiger partial charge in [-0.15, -0.1) is 0 Å². The summed E-state index contributed by atoms with van der Waals surface area (Å²) < 4.78 is 10.2. The Hall–Kier alpha value is -1.96. The van der Waals surface area contributed by atoms with Crippen LogP contribution in [-0.4, -0.2) is 57.8 Å². The smallest absolute Gasteiger partial charge is 0.328 e. The van der Waals surface area contributed by atoms with Crippen LogP contribution in [0.3, 0.4) is 0 Å². The van der Waals surface area contributed by atoms with E-state index in [0.29, 0.717) is 24.7 Å². The van der Waals surface area contributed by atoms with E-state index in [1.807, 2.05) is 20.8 Å². The molecule has 1 N–H and O–H groups in total. The van der Waals surface area contributed by atoms with Gasteiger partial charge in [-0.3, -0.25) is 4.79 Å². The molecule has 22 heavy (non-hydrogen) atoms. The molecule has 0 aromatic carbocycles. The standard InChI is InChI=1S/C14H21N3O5/c1-14(2,3)13-15-10(22-16-13)4-5-11(18)17-6-7-21-8-9(17)12(19)20/h9H,4-8H2,1-3H3,(H,19,20)/t9-/m0/s1. The van der Waals surface area contributed by atoms with Gasteiger partial charge >= 0.3 is 5.97 Å². The van der Waals surface area contributed by atoms with Crippen molar-refractivity contribution < 1.29 is 24.0 Å². The van der Waals surface area contributed by atoms with Gasteiger partial charge < -0.3 is 19.3 Å². The minimum atomic E-state index is -1.05. The second kappa shape index (κ2) is 6.43. The summed E-state index contributed by atoms with van der Waals surface area (Å²) in [5.74, 6) is -0.324. The third kappa shape index (κ3) is 3.82. The first-order chi connectivity index (χ1) is 10.3. The predicted molar refractivity (Wildman–Crippen MR) is 75.3 cm³/mol. The molecular formula is C14H21N3O5. The van der Waals surface area contributed by atoms with E-state index in [0.717, 1.165) is 0 Å². The molecule has 0 spiro atoms. The molecule has 1 aromatic rings. The number of rotatable bonds is 4. The van der Waals surface area contributed by atoms with Crippen molar-refractivity contribution >= 4 is 11.9 Å². The van der Waals surface area contributed by atoms with Gasteiger partial charge in [-0.25, -0.2) is 4.79 Å². The Morgan fingerprint density at radius 3 is 2.73 bits per heavy atom. The lowest BCUT2D eigenvalue weighted by atomic mass is 9.96. The normalized spacial score (nSPS) is 19.2. The molecule has 1 fully saturated rings. The highest BCUT2D eigenvalue weighted by atomic mass is 16.5. The van der Waals surface area contributed by atoms with Crippen LogP contribution in [-0.2, 0) is 26.2 Å². The van der Waals surface area contributed by atoms with Crippen molar-refractivity contribution in [3.8, 4) is 0 Å². The Morgan fingerprint density at radius 2 is 2.14 bits per heavy atom. The van der Waals surface area contributed by atoms with Crippen molar-refractivity contribution in [1.29, 1.82) is 0 Å². The zero-order chi connectivity index (χ0) is 16.3. The number of amides is 1. The van der Waals surface area contributed by atoms with Crippen LogP contribution in [0.2, 0.25) is 0 Å². The molecule has 122 valence electrons. The van der Waals surface area contributed by atoms with E-state index in [9.17, 15) is 9.59 Å². The van der Waals surface area contributed by atoms with Gasteiger partial charge in [-0.05, 0) is 0 Å². The maximum absolute atomic E-state index is 12.2. The Kier molecular flexibility index (Phi) is 4.80. The van der Waals surface area contributed by atoms with Gasteiger partial charge in [0.05, 0.1) is 13.2 Å². The molecule has 1 atom stereocenters. The average molecular weight is 311 g/mol. The summed E-state index contributed by atoms with van der Waals surface area (Å²) in [6.07, 6.45) is 0.432. The highest BCUT2D eigenvalue weighted by molar-refractivity contribution is 5.84. The summed E-state index contributed by atoms with van der Waals surface area (Å²) in [5, 5.41) is 13.0. The van der Waals surface area contributed by atoms with Gasteiger partial charge in [-0.2, -0.15) is 4.98 Å². The lowest BCUT2D eigenvalue weighted by Crippen LogP contribution is -2.52. The van der Waals surface area contributed by atoms with Crippen LogP contribution in [0.4, 0.5) is 0 Å². The molecule has 0 bridgehead atoms. The predicted octanol–water partition coefficient (Wildman–Crippen LogP) is 0.612. The minimum absolute atomic E-state index is 0.0236. The fourth-order valence-electron chi connectivity index (χ4n) is 2.13. The lowest BCUT2D eigenvalue weighted by Gasteiger charge is -2.32. The monoisotopic (exact) mass is 311 g/mol. The first-order valence-corrected chi connectivity index (χ1v) is 7.22. The molecule has 1 aliphatic heterocycles. The first kappa shape index (κ1) is 16.4. The lowest BCUT2D eigenvalue weighted by molar-refractivity contribution is -0.158. The Balaban J connectivity index is 1.94. The Morgan fingerprint density at radius 1 is 1.41 bits per heavy atom. The van der Waals surface area contributed by atoms with Crippen LogP contribution < -0.4 is 0 Å². The number of nitrogens with zero attached hydrogens (tertiary/aromatic N) is 3. The summed E-state index contributed by atoms with van der Waals surface area (Å²) in [5.41, 5.74) is -0.218. The summed E-state index contributed by atoms with van der Waals surface area (Å²) in [6, 6.07) is -0.922. The summed E-state index contributed by atoms with van der Waals surface area (Å²) in [6.45, 7) is 6.57. The highest BCUT2D eigenvalue weighted by Crippen LogP contribution is 2.19. The van der Waals surface area contributed by atoms with E-state index in [1.165, 1.54) is 4.90 Å². The number of morpholine rings is 1. The minimum Gasteiger partial charge on any atom is -0.480 e. The molecule has 1 amide bonds. The second-order valence-electron chi connectivity index (χ2n) is 6.28. The number of hydrogen-bond donors (Lipinski definition) is 1. The van der Waals surface area contributed by atoms with Crippen molar-refractivity contribution in [2.45, 2.75) is 45.1 Å². The molecule has 8 nitrogen and oxygen atoms in total. The number of aryl methyl sites for hydroxylation is 1. The molecular weight excluding hydrogens is 290 g/mol. The number of aliphatic carboxylic acids is 1. The van der Waals surface area contributed by atoms with Crippen molar-refractivity contribution in [1.82, 2.24) is 15.0 Å². The number of carboxylic acid groups (broad SMARTS) is 1. The second-order valence-corrected chi connectivity index (χ2v) is 6.28. The summed E-state index contributed by atoms with van der Waals surface area (Å²) in [4.78, 5) is 29.0. The van der Waals surface area contributed by atoms with Crippen LogP contribution in [0.15, 0.2) is 4.52 Å². The maximum atomic E-state index is 12.2. The number of carbonyl (C=O) groups is 2. The zero-order valence-corrected chi connectivity index (χ0v) is 13.0. The Bertz CT molecular complexity index is 549. The van der Waals surface area contributed by atoms with Gasteiger partial charge in [0.15, 0.2) is 11.9 Å². The maximum Gasteiger partial charge on any atom is 0.328 e. The third-order valence-electron chi connectivity index (χ3n) is 3.43. The SMILES string of the molecule is CC(C)(C)c1noc(CCC(=O)N2CCOC[C@H]2C(=O)O)n1.